The van der Waals surface area contributed by atoms with E-state index in [4.69, 9.17) is 16.7 Å². The fourth-order valence-electron chi connectivity index (χ4n) is 1.95. The van der Waals surface area contributed by atoms with Crippen molar-refractivity contribution in [3.63, 3.8) is 0 Å². The Bertz CT molecular complexity index is 872. The Labute approximate surface area is 116 Å². The van der Waals surface area contributed by atoms with Crippen LogP contribution in [0.5, 0.6) is 0 Å². The Morgan fingerprint density at radius 2 is 2.30 bits per heavy atom. The normalized spacial score (nSPS) is 12.2. The summed E-state index contributed by atoms with van der Waals surface area (Å²) < 4.78 is 1.39. The smallest absolute Gasteiger partial charge is 0.270 e. The molecule has 0 spiro atoms. The molecule has 0 atom stereocenters. The van der Waals surface area contributed by atoms with E-state index in [0.717, 1.165) is 0 Å². The summed E-state index contributed by atoms with van der Waals surface area (Å²) in [6, 6.07) is 4.67. The molecule has 0 bridgehead atoms. The summed E-state index contributed by atoms with van der Waals surface area (Å²) in [5.41, 5.74) is 1.13. The van der Waals surface area contributed by atoms with Gasteiger partial charge < -0.3 is 10.3 Å². The van der Waals surface area contributed by atoms with Gasteiger partial charge in [0.2, 0.25) is 5.65 Å². The van der Waals surface area contributed by atoms with Crippen LogP contribution < -0.4 is 4.85 Å². The molecule has 0 fully saturated rings. The van der Waals surface area contributed by atoms with Crippen LogP contribution in [0.4, 0.5) is 0 Å². The van der Waals surface area contributed by atoms with Crippen LogP contribution in [0.25, 0.3) is 22.3 Å². The molecule has 0 aliphatic rings. The number of hydrogen-bond donors (Lipinski definition) is 1. The summed E-state index contributed by atoms with van der Waals surface area (Å²) in [5.74, 6) is 0. The first kappa shape index (κ1) is 12.4. The van der Waals surface area contributed by atoms with Gasteiger partial charge in [-0.25, -0.2) is 4.52 Å². The lowest BCUT2D eigenvalue weighted by molar-refractivity contribution is -0.640. The number of halogens is 1. The lowest BCUT2D eigenvalue weighted by Gasteiger charge is -2.02. The Balaban J connectivity index is 2.46. The van der Waals surface area contributed by atoms with E-state index < -0.39 is 0 Å². The Kier molecular flexibility index (Phi) is 2.76. The predicted molar refractivity (Wildman–Crippen MR) is 71.1 cm³/mol. The largest absolute Gasteiger partial charge is 0.594 e. The minimum Gasteiger partial charge on any atom is -0.594 e. The van der Waals surface area contributed by atoms with Gasteiger partial charge in [-0.05, 0) is 17.0 Å². The summed E-state index contributed by atoms with van der Waals surface area (Å²) in [6.07, 6.45) is 2.44. The minimum atomic E-state index is -0.0196. The Morgan fingerprint density at radius 1 is 1.50 bits per heavy atom. The maximum Gasteiger partial charge on any atom is 0.270 e. The van der Waals surface area contributed by atoms with Crippen molar-refractivity contribution in [2.24, 2.45) is 0 Å². The average Bonchev–Trinajstić information content (AvgIpc) is 2.84. The second kappa shape index (κ2) is 4.46. The first-order chi connectivity index (χ1) is 9.65. The summed E-state index contributed by atoms with van der Waals surface area (Å²) in [7, 11) is 0. The lowest BCUT2D eigenvalue weighted by atomic mass is 10.2. The van der Waals surface area contributed by atoms with E-state index in [-0.39, 0.29) is 22.3 Å². The molecule has 0 saturated carbocycles. The van der Waals surface area contributed by atoms with Gasteiger partial charge in [-0.2, -0.15) is 5.10 Å². The molecule has 3 aromatic rings. The van der Waals surface area contributed by atoms with Crippen molar-refractivity contribution in [1.29, 1.82) is 0 Å². The van der Waals surface area contributed by atoms with Crippen LogP contribution in [0, 0.1) is 5.21 Å². The van der Waals surface area contributed by atoms with Crippen LogP contribution in [0.2, 0.25) is 5.02 Å². The van der Waals surface area contributed by atoms with E-state index in [0.29, 0.717) is 27.9 Å². The maximum atomic E-state index is 11.9. The second-order valence-electron chi connectivity index (χ2n) is 4.00. The van der Waals surface area contributed by atoms with Gasteiger partial charge in [0, 0.05) is 16.2 Å². The molecule has 2 heterocycles. The zero-order chi connectivity index (χ0) is 14.3. The molecule has 100 valence electrons. The quantitative estimate of drug-likeness (QED) is 0.252. The fraction of sp³-hybridized carbons (Fsp3) is 0. The third-order valence-electron chi connectivity index (χ3n) is 2.88. The highest BCUT2D eigenvalue weighted by Gasteiger charge is 2.18. The van der Waals surface area contributed by atoms with Crippen LogP contribution in [0.3, 0.4) is 0 Å². The number of carbonyl (C=O) groups is 1. The van der Waals surface area contributed by atoms with Crippen LogP contribution in [0.15, 0.2) is 30.7 Å². The van der Waals surface area contributed by atoms with Crippen LogP contribution in [0.1, 0.15) is 5.56 Å². The molecule has 3 rings (SSSR count). The topological polar surface area (TPSA) is 94.4 Å². The van der Waals surface area contributed by atoms with Crippen molar-refractivity contribution >= 4 is 40.1 Å². The molecule has 0 aliphatic heterocycles. The van der Waals surface area contributed by atoms with Crippen molar-refractivity contribution in [1.82, 2.24) is 14.7 Å². The summed E-state index contributed by atoms with van der Waals surface area (Å²) >= 11 is 5.91. The van der Waals surface area contributed by atoms with Crippen LogP contribution in [-0.2, 0) is 4.79 Å². The van der Waals surface area contributed by atoms with E-state index in [1.54, 1.807) is 12.1 Å². The lowest BCUT2D eigenvalue weighted by Crippen LogP contribution is -2.33. The second-order valence-corrected chi connectivity index (χ2v) is 4.44. The monoisotopic (exact) mass is 290 g/mol. The molecule has 0 unspecified atom stereocenters. The number of fused-ring (bicyclic) bond motifs is 3. The molecule has 7 nitrogen and oxygen atoms in total. The van der Waals surface area contributed by atoms with Crippen LogP contribution in [-0.4, -0.2) is 26.1 Å². The van der Waals surface area contributed by atoms with E-state index >= 15 is 0 Å². The van der Waals surface area contributed by atoms with Crippen molar-refractivity contribution in [3.8, 4) is 0 Å². The molecule has 0 saturated heterocycles. The fourth-order valence-corrected chi connectivity index (χ4v) is 2.12. The Hall–Kier alpha value is -2.67. The van der Waals surface area contributed by atoms with Gasteiger partial charge in [-0.3, -0.25) is 4.79 Å². The molecule has 0 amide bonds. The van der Waals surface area contributed by atoms with Gasteiger partial charge in [0.05, 0.1) is 23.6 Å². The number of aliphatic hydroxyl groups is 1. The van der Waals surface area contributed by atoms with Crippen molar-refractivity contribution < 1.29 is 14.7 Å². The third-order valence-corrected chi connectivity index (χ3v) is 3.11. The number of aromatic nitrogens is 4. The first-order valence-corrected chi connectivity index (χ1v) is 5.90. The predicted octanol–water partition coefficient (Wildman–Crippen LogP) is 1.27. The summed E-state index contributed by atoms with van der Waals surface area (Å²) in [5, 5.41) is 29.3. The molecule has 8 heteroatoms. The number of rotatable bonds is 2. The number of aldehydes is 1. The molecular formula is C12H7ClN4O3. The number of nitrogens with zero attached hydrogens (tertiary/aromatic N) is 4. The number of allylic oxidation sites excluding steroid dienone is 1. The highest BCUT2D eigenvalue weighted by molar-refractivity contribution is 6.31. The standard InChI is InChI=1S/C12H7ClN4O3/c13-8-1-2-10-11(3-8)16-12(15-17(10)20)9(4-14-16)7(5-18)6-19/h1-6,18H/b7-5-. The van der Waals surface area contributed by atoms with E-state index in [1.165, 1.54) is 16.8 Å². The van der Waals surface area contributed by atoms with Crippen LogP contribution >= 0.6 is 11.6 Å². The molecule has 2 aromatic heterocycles. The van der Waals surface area contributed by atoms with Gasteiger partial charge in [0.25, 0.3) is 5.52 Å². The highest BCUT2D eigenvalue weighted by atomic mass is 35.5. The third kappa shape index (κ3) is 1.68. The van der Waals surface area contributed by atoms with E-state index in [2.05, 4.69) is 10.2 Å². The van der Waals surface area contributed by atoms with Gasteiger partial charge >= 0.3 is 0 Å². The molecule has 1 aromatic carbocycles. The maximum absolute atomic E-state index is 11.9. The van der Waals surface area contributed by atoms with Gasteiger partial charge in [0.1, 0.15) is 5.52 Å². The first-order valence-electron chi connectivity index (χ1n) is 5.52. The SMILES string of the molecule is O=C/C(=C/O)c1cnn2c1n[n+]([O-])c1ccc(Cl)cc12. The summed E-state index contributed by atoms with van der Waals surface area (Å²) in [6.45, 7) is 0. The van der Waals surface area contributed by atoms with E-state index in [1.807, 2.05) is 0 Å². The number of carbonyl (C=O) groups excluding carboxylic acids is 1. The number of hydrogen-bond acceptors (Lipinski definition) is 5. The van der Waals surface area contributed by atoms with E-state index in [9.17, 15) is 10.0 Å². The zero-order valence-corrected chi connectivity index (χ0v) is 10.7. The molecule has 0 aliphatic carbocycles. The van der Waals surface area contributed by atoms with Gasteiger partial charge in [0.15, 0.2) is 6.29 Å². The summed E-state index contributed by atoms with van der Waals surface area (Å²) in [4.78, 5) is 11.3. The van der Waals surface area contributed by atoms with Crippen molar-refractivity contribution in [2.75, 3.05) is 0 Å². The number of aliphatic hydroxyl groups excluding tert-OH is 1. The number of benzene rings is 1. The van der Waals surface area contributed by atoms with Gasteiger partial charge in [-0.15, -0.1) is 0 Å². The molecular weight excluding hydrogens is 284 g/mol. The highest BCUT2D eigenvalue weighted by Crippen LogP contribution is 2.21. The van der Waals surface area contributed by atoms with Gasteiger partial charge in [-0.1, -0.05) is 11.6 Å². The Morgan fingerprint density at radius 3 is 3.00 bits per heavy atom. The van der Waals surface area contributed by atoms with Crippen molar-refractivity contribution in [2.45, 2.75) is 0 Å². The molecule has 0 radical (unpaired) electrons. The molecule has 20 heavy (non-hydrogen) atoms. The van der Waals surface area contributed by atoms with Crippen molar-refractivity contribution in [3.05, 3.63) is 46.5 Å². The molecule has 1 N–H and O–H groups in total. The minimum absolute atomic E-state index is 0.0196. The zero-order valence-electron chi connectivity index (χ0n) is 9.89. The average molecular weight is 291 g/mol.